The SMILES string of the molecule is CCOC(=O)c1ccccc1NC(=O)C(CC)N(c1ccc(C)c(C)c1)S(C)(=O)=O. The molecule has 162 valence electrons. The summed E-state index contributed by atoms with van der Waals surface area (Å²) in [6, 6.07) is 10.7. The van der Waals surface area contributed by atoms with Crippen LogP contribution in [0.2, 0.25) is 0 Å². The summed E-state index contributed by atoms with van der Waals surface area (Å²) >= 11 is 0. The Balaban J connectivity index is 2.43. The summed E-state index contributed by atoms with van der Waals surface area (Å²) in [6.45, 7) is 7.45. The number of aryl methyl sites for hydroxylation is 2. The van der Waals surface area contributed by atoms with E-state index < -0.39 is 27.9 Å². The minimum absolute atomic E-state index is 0.202. The molecule has 0 aliphatic heterocycles. The zero-order valence-electron chi connectivity index (χ0n) is 17.9. The number of esters is 1. The lowest BCUT2D eigenvalue weighted by Crippen LogP contribution is -2.47. The number of carbonyl (C=O) groups is 2. The zero-order chi connectivity index (χ0) is 22.5. The van der Waals surface area contributed by atoms with Gasteiger partial charge in [0.1, 0.15) is 6.04 Å². The molecule has 0 saturated carbocycles. The average molecular weight is 433 g/mol. The van der Waals surface area contributed by atoms with Gasteiger partial charge in [-0.3, -0.25) is 9.10 Å². The molecule has 0 saturated heterocycles. The van der Waals surface area contributed by atoms with E-state index in [1.165, 1.54) is 0 Å². The highest BCUT2D eigenvalue weighted by Crippen LogP contribution is 2.26. The van der Waals surface area contributed by atoms with Crippen LogP contribution in [0, 0.1) is 13.8 Å². The molecule has 1 atom stereocenters. The van der Waals surface area contributed by atoms with Crippen LogP contribution in [-0.2, 0) is 19.6 Å². The Bertz CT molecular complexity index is 1030. The van der Waals surface area contributed by atoms with Crippen molar-refractivity contribution < 1.29 is 22.7 Å². The minimum atomic E-state index is -3.75. The molecule has 0 bridgehead atoms. The van der Waals surface area contributed by atoms with Gasteiger partial charge in [0.25, 0.3) is 0 Å². The van der Waals surface area contributed by atoms with Crippen molar-refractivity contribution in [3.05, 3.63) is 59.2 Å². The molecule has 30 heavy (non-hydrogen) atoms. The molecule has 0 aliphatic carbocycles. The molecule has 2 rings (SSSR count). The molecule has 1 N–H and O–H groups in total. The third kappa shape index (κ3) is 5.38. The number of ether oxygens (including phenoxy) is 1. The summed E-state index contributed by atoms with van der Waals surface area (Å²) in [4.78, 5) is 25.3. The maximum Gasteiger partial charge on any atom is 0.340 e. The Hall–Kier alpha value is -2.87. The molecule has 0 aliphatic rings. The largest absolute Gasteiger partial charge is 0.462 e. The van der Waals surface area contributed by atoms with Crippen molar-refractivity contribution in [1.82, 2.24) is 0 Å². The second kappa shape index (κ2) is 9.75. The highest BCUT2D eigenvalue weighted by Gasteiger charge is 2.32. The van der Waals surface area contributed by atoms with E-state index in [4.69, 9.17) is 4.74 Å². The lowest BCUT2D eigenvalue weighted by molar-refractivity contribution is -0.117. The normalized spacial score (nSPS) is 12.2. The van der Waals surface area contributed by atoms with Crippen LogP contribution in [0.3, 0.4) is 0 Å². The van der Waals surface area contributed by atoms with Crippen molar-refractivity contribution in [3.8, 4) is 0 Å². The summed E-state index contributed by atoms with van der Waals surface area (Å²) < 4.78 is 31.4. The van der Waals surface area contributed by atoms with Gasteiger partial charge in [-0.05, 0) is 62.6 Å². The standard InChI is InChI=1S/C22H28N2O5S/c1-6-20(24(30(5,27)28)17-13-12-15(3)16(4)14-17)21(25)23-19-11-9-8-10-18(19)22(26)29-7-2/h8-14,20H,6-7H2,1-5H3,(H,23,25). The molecule has 7 nitrogen and oxygen atoms in total. The highest BCUT2D eigenvalue weighted by molar-refractivity contribution is 7.92. The number of benzene rings is 2. The number of rotatable bonds is 8. The maximum absolute atomic E-state index is 13.1. The number of sulfonamides is 1. The van der Waals surface area contributed by atoms with Gasteiger partial charge in [-0.1, -0.05) is 25.1 Å². The third-order valence-electron chi connectivity index (χ3n) is 4.75. The van der Waals surface area contributed by atoms with Gasteiger partial charge >= 0.3 is 5.97 Å². The number of nitrogens with zero attached hydrogens (tertiary/aromatic N) is 1. The summed E-state index contributed by atoms with van der Waals surface area (Å²) in [6.07, 6.45) is 1.32. The van der Waals surface area contributed by atoms with Crippen LogP contribution in [0.4, 0.5) is 11.4 Å². The molecule has 0 radical (unpaired) electrons. The quantitative estimate of drug-likeness (QED) is 0.643. The van der Waals surface area contributed by atoms with Gasteiger partial charge in [0, 0.05) is 0 Å². The lowest BCUT2D eigenvalue weighted by Gasteiger charge is -2.30. The van der Waals surface area contributed by atoms with Gasteiger partial charge in [-0.25, -0.2) is 13.2 Å². The van der Waals surface area contributed by atoms with Gasteiger partial charge in [-0.2, -0.15) is 0 Å². The van der Waals surface area contributed by atoms with E-state index in [-0.39, 0.29) is 24.3 Å². The lowest BCUT2D eigenvalue weighted by atomic mass is 10.1. The van der Waals surface area contributed by atoms with E-state index in [1.54, 1.807) is 50.2 Å². The maximum atomic E-state index is 13.1. The monoisotopic (exact) mass is 432 g/mol. The molecular formula is C22H28N2O5S. The molecule has 2 aromatic carbocycles. The van der Waals surface area contributed by atoms with Crippen molar-refractivity contribution in [2.24, 2.45) is 0 Å². The van der Waals surface area contributed by atoms with E-state index in [2.05, 4.69) is 5.32 Å². The second-order valence-electron chi connectivity index (χ2n) is 7.01. The number of hydrogen-bond acceptors (Lipinski definition) is 5. The van der Waals surface area contributed by atoms with Crippen LogP contribution < -0.4 is 9.62 Å². The smallest absolute Gasteiger partial charge is 0.340 e. The van der Waals surface area contributed by atoms with Crippen molar-refractivity contribution in [2.75, 3.05) is 22.5 Å². The van der Waals surface area contributed by atoms with E-state index in [1.807, 2.05) is 19.9 Å². The average Bonchev–Trinajstić information content (AvgIpc) is 2.67. The first-order chi connectivity index (χ1) is 14.1. The molecule has 0 fully saturated rings. The first-order valence-electron chi connectivity index (χ1n) is 9.73. The molecule has 0 heterocycles. The number of anilines is 2. The molecule has 1 amide bonds. The fourth-order valence-corrected chi connectivity index (χ4v) is 4.32. The van der Waals surface area contributed by atoms with Crippen LogP contribution in [0.15, 0.2) is 42.5 Å². The van der Waals surface area contributed by atoms with Gasteiger partial charge in [0.15, 0.2) is 0 Å². The Labute approximate surface area is 178 Å². The van der Waals surface area contributed by atoms with Crippen molar-refractivity contribution in [2.45, 2.75) is 40.2 Å². The van der Waals surface area contributed by atoms with Crippen LogP contribution >= 0.6 is 0 Å². The zero-order valence-corrected chi connectivity index (χ0v) is 18.7. The predicted octanol–water partition coefficient (Wildman–Crippen LogP) is 3.66. The number of carbonyl (C=O) groups excluding carboxylic acids is 2. The summed E-state index contributed by atoms with van der Waals surface area (Å²) in [7, 11) is -3.75. The number of hydrogen-bond donors (Lipinski definition) is 1. The Morgan fingerprint density at radius 3 is 2.30 bits per heavy atom. The third-order valence-corrected chi connectivity index (χ3v) is 5.93. The number of amides is 1. The minimum Gasteiger partial charge on any atom is -0.462 e. The van der Waals surface area contributed by atoms with Gasteiger partial charge in [0.2, 0.25) is 15.9 Å². The Morgan fingerprint density at radius 2 is 1.73 bits per heavy atom. The van der Waals surface area contributed by atoms with Crippen LogP contribution in [0.5, 0.6) is 0 Å². The van der Waals surface area contributed by atoms with Crippen LogP contribution in [0.25, 0.3) is 0 Å². The Kier molecular flexibility index (Phi) is 7.61. The van der Waals surface area contributed by atoms with Crippen molar-refractivity contribution >= 4 is 33.3 Å². The van der Waals surface area contributed by atoms with E-state index in [0.29, 0.717) is 5.69 Å². The first kappa shape index (κ1) is 23.4. The van der Waals surface area contributed by atoms with Crippen LogP contribution in [0.1, 0.15) is 41.8 Å². The molecular weight excluding hydrogens is 404 g/mol. The molecule has 0 spiro atoms. The molecule has 1 unspecified atom stereocenters. The highest BCUT2D eigenvalue weighted by atomic mass is 32.2. The fraction of sp³-hybridized carbons (Fsp3) is 0.364. The first-order valence-corrected chi connectivity index (χ1v) is 11.6. The van der Waals surface area contributed by atoms with Gasteiger partial charge < -0.3 is 10.1 Å². The molecule has 2 aromatic rings. The second-order valence-corrected chi connectivity index (χ2v) is 8.87. The van der Waals surface area contributed by atoms with E-state index in [0.717, 1.165) is 21.7 Å². The van der Waals surface area contributed by atoms with Crippen molar-refractivity contribution in [3.63, 3.8) is 0 Å². The van der Waals surface area contributed by atoms with Gasteiger partial charge in [0.05, 0.1) is 29.8 Å². The van der Waals surface area contributed by atoms with Crippen molar-refractivity contribution in [1.29, 1.82) is 0 Å². The van der Waals surface area contributed by atoms with E-state index >= 15 is 0 Å². The fourth-order valence-electron chi connectivity index (χ4n) is 3.12. The summed E-state index contributed by atoms with van der Waals surface area (Å²) in [5.41, 5.74) is 2.84. The summed E-state index contributed by atoms with van der Waals surface area (Å²) in [5.74, 6) is -1.09. The number of para-hydroxylation sites is 1. The molecule has 0 aromatic heterocycles. The topological polar surface area (TPSA) is 92.8 Å². The number of nitrogens with one attached hydrogen (secondary N) is 1. The predicted molar refractivity (Wildman–Crippen MR) is 118 cm³/mol. The van der Waals surface area contributed by atoms with Gasteiger partial charge in [-0.15, -0.1) is 0 Å². The summed E-state index contributed by atoms with van der Waals surface area (Å²) in [5, 5.41) is 2.70. The Morgan fingerprint density at radius 1 is 1.07 bits per heavy atom. The van der Waals surface area contributed by atoms with Crippen LogP contribution in [-0.4, -0.2) is 39.2 Å². The molecule has 8 heteroatoms. The van der Waals surface area contributed by atoms with E-state index in [9.17, 15) is 18.0 Å².